The van der Waals surface area contributed by atoms with Gasteiger partial charge in [0.25, 0.3) is 0 Å². The molecule has 0 saturated carbocycles. The molecular formula is C34H33Cl3N8. The standard InChI is InChI=1S/C34H33Cl3N8/c1-34(2,3)44-14-12-27(13-15-44)45-20-30(42-43-45)32(21-4-6-23(35)7-5-21)41-26-16-28-31(40-25-10-8-24(36)9-11-25)22(18-38)19-39-33(28)29(37)17-26/h4-11,16-17,19-20,27,32,41H,12-15H2,1-3H3,(H,39,40)/t32-/m0/s1. The van der Waals surface area contributed by atoms with E-state index in [1.807, 2.05) is 59.4 Å². The molecule has 0 unspecified atom stereocenters. The Labute approximate surface area is 277 Å². The van der Waals surface area contributed by atoms with Crippen LogP contribution in [-0.4, -0.2) is 43.5 Å². The highest BCUT2D eigenvalue weighted by Gasteiger charge is 2.29. The van der Waals surface area contributed by atoms with E-state index in [-0.39, 0.29) is 17.6 Å². The van der Waals surface area contributed by atoms with E-state index in [9.17, 15) is 5.26 Å². The Morgan fingerprint density at radius 3 is 2.24 bits per heavy atom. The Bertz CT molecular complexity index is 1850. The second-order valence-corrected chi connectivity index (χ2v) is 13.6. The van der Waals surface area contributed by atoms with Gasteiger partial charge in [-0.3, -0.25) is 9.88 Å². The molecule has 0 bridgehead atoms. The number of likely N-dealkylation sites (tertiary alicyclic amines) is 1. The maximum atomic E-state index is 9.94. The van der Waals surface area contributed by atoms with Gasteiger partial charge in [-0.25, -0.2) is 4.68 Å². The molecule has 11 heteroatoms. The van der Waals surface area contributed by atoms with Gasteiger partial charge in [-0.15, -0.1) is 5.10 Å². The lowest BCUT2D eigenvalue weighted by molar-refractivity contribution is 0.0866. The van der Waals surface area contributed by atoms with Crippen molar-refractivity contribution in [1.82, 2.24) is 24.9 Å². The zero-order valence-corrected chi connectivity index (χ0v) is 27.5. The van der Waals surface area contributed by atoms with Gasteiger partial charge in [-0.2, -0.15) is 5.26 Å². The molecule has 45 heavy (non-hydrogen) atoms. The average Bonchev–Trinajstić information content (AvgIpc) is 3.51. The number of pyridine rings is 1. The van der Waals surface area contributed by atoms with Crippen molar-refractivity contribution in [3.8, 4) is 6.07 Å². The van der Waals surface area contributed by atoms with Crippen LogP contribution in [0.5, 0.6) is 0 Å². The molecule has 0 amide bonds. The molecule has 1 aliphatic heterocycles. The van der Waals surface area contributed by atoms with E-state index in [0.717, 1.165) is 48.6 Å². The topological polar surface area (TPSA) is 94.7 Å². The van der Waals surface area contributed by atoms with Gasteiger partial charge in [0.05, 0.1) is 40.1 Å². The van der Waals surface area contributed by atoms with Gasteiger partial charge in [0.15, 0.2) is 0 Å². The Hall–Kier alpha value is -3.87. The summed E-state index contributed by atoms with van der Waals surface area (Å²) in [4.78, 5) is 7.02. The molecule has 1 aliphatic rings. The second-order valence-electron chi connectivity index (χ2n) is 12.3. The van der Waals surface area contributed by atoms with Crippen molar-refractivity contribution < 1.29 is 0 Å². The first-order valence-electron chi connectivity index (χ1n) is 14.8. The Morgan fingerprint density at radius 1 is 0.933 bits per heavy atom. The van der Waals surface area contributed by atoms with Gasteiger partial charge in [0.2, 0.25) is 0 Å². The van der Waals surface area contributed by atoms with Crippen LogP contribution in [0.15, 0.2) is 73.1 Å². The highest BCUT2D eigenvalue weighted by atomic mass is 35.5. The highest BCUT2D eigenvalue weighted by Crippen LogP contribution is 2.37. The highest BCUT2D eigenvalue weighted by molar-refractivity contribution is 6.36. The third-order valence-corrected chi connectivity index (χ3v) is 9.08. The number of anilines is 3. The molecule has 0 radical (unpaired) electrons. The summed E-state index contributed by atoms with van der Waals surface area (Å²) >= 11 is 19.2. The van der Waals surface area contributed by atoms with Crippen LogP contribution in [0.4, 0.5) is 17.1 Å². The number of benzene rings is 3. The van der Waals surface area contributed by atoms with Crippen LogP contribution in [0.1, 0.15) is 62.5 Å². The third kappa shape index (κ3) is 6.87. The molecule has 1 fully saturated rings. The zero-order chi connectivity index (χ0) is 31.7. The fraction of sp³-hybridized carbons (Fsp3) is 0.294. The van der Waals surface area contributed by atoms with Crippen molar-refractivity contribution in [2.45, 2.75) is 51.2 Å². The first kappa shape index (κ1) is 31.1. The summed E-state index contributed by atoms with van der Waals surface area (Å²) in [6.07, 6.45) is 5.59. The lowest BCUT2D eigenvalue weighted by Crippen LogP contribution is -2.46. The van der Waals surface area contributed by atoms with Crippen molar-refractivity contribution in [2.75, 3.05) is 23.7 Å². The predicted molar refractivity (Wildman–Crippen MR) is 183 cm³/mol. The Balaban J connectivity index is 1.35. The number of nitrogens with one attached hydrogen (secondary N) is 2. The van der Waals surface area contributed by atoms with Crippen molar-refractivity contribution in [3.05, 3.63) is 105 Å². The number of fused-ring (bicyclic) bond motifs is 1. The molecule has 8 nitrogen and oxygen atoms in total. The van der Waals surface area contributed by atoms with E-state index >= 15 is 0 Å². The number of rotatable bonds is 7. The van der Waals surface area contributed by atoms with Crippen molar-refractivity contribution in [3.63, 3.8) is 0 Å². The van der Waals surface area contributed by atoms with Crippen LogP contribution < -0.4 is 10.6 Å². The summed E-state index contributed by atoms with van der Waals surface area (Å²) < 4.78 is 2.00. The molecule has 5 aromatic rings. The molecule has 0 aliphatic carbocycles. The molecule has 3 aromatic carbocycles. The largest absolute Gasteiger partial charge is 0.373 e. The number of halogens is 3. The van der Waals surface area contributed by atoms with Gasteiger partial charge in [0, 0.05) is 51.6 Å². The minimum atomic E-state index is -0.348. The van der Waals surface area contributed by atoms with E-state index in [4.69, 9.17) is 34.8 Å². The molecule has 2 N–H and O–H groups in total. The van der Waals surface area contributed by atoms with E-state index in [1.165, 1.54) is 6.20 Å². The fourth-order valence-electron chi connectivity index (χ4n) is 5.79. The maximum Gasteiger partial charge on any atom is 0.109 e. The average molecular weight is 660 g/mol. The van der Waals surface area contributed by atoms with Crippen LogP contribution >= 0.6 is 34.8 Å². The molecular weight excluding hydrogens is 627 g/mol. The number of piperidine rings is 1. The number of hydrogen-bond donors (Lipinski definition) is 2. The van der Waals surface area contributed by atoms with Gasteiger partial charge >= 0.3 is 0 Å². The maximum absolute atomic E-state index is 9.94. The molecule has 1 saturated heterocycles. The molecule has 1 atom stereocenters. The summed E-state index contributed by atoms with van der Waals surface area (Å²) in [7, 11) is 0. The zero-order valence-electron chi connectivity index (χ0n) is 25.2. The van der Waals surface area contributed by atoms with Gasteiger partial charge in [-0.05, 0) is 87.7 Å². The summed E-state index contributed by atoms with van der Waals surface area (Å²) in [6, 6.07) is 20.9. The Kier molecular flexibility index (Phi) is 8.89. The number of aromatic nitrogens is 4. The van der Waals surface area contributed by atoms with Crippen LogP contribution in [0.3, 0.4) is 0 Å². The van der Waals surface area contributed by atoms with Crippen LogP contribution in [0.2, 0.25) is 15.1 Å². The molecule has 0 spiro atoms. The lowest BCUT2D eigenvalue weighted by Gasteiger charge is -2.40. The summed E-state index contributed by atoms with van der Waals surface area (Å²) in [5.41, 5.74) is 4.97. The monoisotopic (exact) mass is 658 g/mol. The van der Waals surface area contributed by atoms with Crippen molar-refractivity contribution >= 4 is 62.8 Å². The van der Waals surface area contributed by atoms with E-state index < -0.39 is 0 Å². The number of hydrogen-bond acceptors (Lipinski definition) is 7. The number of nitriles is 1. The molecule has 2 aromatic heterocycles. The fourth-order valence-corrected chi connectivity index (χ4v) is 6.31. The third-order valence-electron chi connectivity index (χ3n) is 8.28. The summed E-state index contributed by atoms with van der Waals surface area (Å²) in [5.74, 6) is 0. The summed E-state index contributed by atoms with van der Waals surface area (Å²) in [6.45, 7) is 8.81. The lowest BCUT2D eigenvalue weighted by atomic mass is 9.98. The second kappa shape index (κ2) is 12.9. The minimum Gasteiger partial charge on any atom is -0.373 e. The van der Waals surface area contributed by atoms with Gasteiger partial charge < -0.3 is 10.6 Å². The minimum absolute atomic E-state index is 0.150. The van der Waals surface area contributed by atoms with Crippen molar-refractivity contribution in [1.29, 1.82) is 5.26 Å². The molecule has 6 rings (SSSR count). The van der Waals surface area contributed by atoms with Crippen molar-refractivity contribution in [2.24, 2.45) is 0 Å². The smallest absolute Gasteiger partial charge is 0.109 e. The van der Waals surface area contributed by atoms with Crippen LogP contribution in [-0.2, 0) is 0 Å². The Morgan fingerprint density at radius 2 is 1.60 bits per heavy atom. The quantitative estimate of drug-likeness (QED) is 0.180. The normalized spacial score (nSPS) is 15.1. The molecule has 230 valence electrons. The van der Waals surface area contributed by atoms with Gasteiger partial charge in [-0.1, -0.05) is 52.1 Å². The predicted octanol–water partition coefficient (Wildman–Crippen LogP) is 9.04. The SMILES string of the molecule is CC(C)(C)N1CCC(n2cc([C@@H](Nc3cc(Cl)c4ncc(C#N)c(Nc5ccc(Cl)cc5)c4c3)c3ccc(Cl)cc3)nn2)CC1. The van der Waals surface area contributed by atoms with Crippen LogP contribution in [0, 0.1) is 11.3 Å². The van der Waals surface area contributed by atoms with E-state index in [2.05, 4.69) is 57.7 Å². The van der Waals surface area contributed by atoms with Crippen LogP contribution in [0.25, 0.3) is 10.9 Å². The first-order valence-corrected chi connectivity index (χ1v) is 16.0. The van der Waals surface area contributed by atoms with E-state index in [1.54, 1.807) is 12.1 Å². The van der Waals surface area contributed by atoms with Gasteiger partial charge in [0.1, 0.15) is 11.8 Å². The van der Waals surface area contributed by atoms with E-state index in [0.29, 0.717) is 37.2 Å². The number of nitrogens with zero attached hydrogens (tertiary/aromatic N) is 6. The first-order chi connectivity index (χ1) is 21.6. The summed E-state index contributed by atoms with van der Waals surface area (Å²) in [5, 5.41) is 28.6. The molecule has 3 heterocycles.